The molecule has 0 aliphatic rings. The van der Waals surface area contributed by atoms with Crippen molar-refractivity contribution in [3.8, 4) is 0 Å². The maximum atomic E-state index is 14.7. The van der Waals surface area contributed by atoms with Gasteiger partial charge < -0.3 is 0 Å². The quantitative estimate of drug-likeness (QED) is 0.137. The van der Waals surface area contributed by atoms with Crippen LogP contribution in [-0.2, 0) is 3.07 Å². The van der Waals surface area contributed by atoms with Crippen molar-refractivity contribution in [2.45, 2.75) is 74.3 Å². The van der Waals surface area contributed by atoms with Crippen LogP contribution < -0.4 is 0 Å². The zero-order chi connectivity index (χ0) is 30.4. The van der Waals surface area contributed by atoms with Gasteiger partial charge in [-0.2, -0.15) is 0 Å². The molecule has 0 aromatic rings. The maximum absolute atomic E-state index is 14.7. The summed E-state index contributed by atoms with van der Waals surface area (Å²) in [5.41, 5.74) is 0. The molecule has 224 valence electrons. The Morgan fingerprint density at radius 3 is 0.757 bits per heavy atom. The minimum atomic E-state index is -10.3. The monoisotopic (exact) mass is 714 g/mol. The van der Waals surface area contributed by atoms with E-state index in [1.807, 2.05) is 0 Å². The van der Waals surface area contributed by atoms with Crippen molar-refractivity contribution >= 4 is 18.8 Å². The normalized spacial score (nSPS) is 19.4. The Hall–Kier alpha value is -0.711. The first-order valence-corrected chi connectivity index (χ1v) is 14.9. The predicted octanol–water partition coefficient (Wildman–Crippen LogP) is 7.21. The van der Waals surface area contributed by atoms with Gasteiger partial charge in [-0.1, -0.05) is 0 Å². The van der Waals surface area contributed by atoms with Crippen LogP contribution in [0.1, 0.15) is 6.92 Å². The van der Waals surface area contributed by atoms with E-state index in [0.29, 0.717) is 0 Å². The average molecular weight is 713 g/mol. The Morgan fingerprint density at radius 1 is 0.432 bits per heavy atom. The van der Waals surface area contributed by atoms with E-state index in [1.165, 1.54) is 0 Å². The van der Waals surface area contributed by atoms with E-state index in [9.17, 15) is 92.2 Å². The third-order valence-corrected chi connectivity index (χ3v) is 16.8. The van der Waals surface area contributed by atoms with E-state index in [2.05, 4.69) is 3.07 Å². The fourth-order valence-electron chi connectivity index (χ4n) is 2.65. The van der Waals surface area contributed by atoms with E-state index in [0.717, 1.165) is 0 Å². The van der Waals surface area contributed by atoms with Gasteiger partial charge in [0.25, 0.3) is 0 Å². The molecule has 0 radical (unpaired) electrons. The Bertz CT molecular complexity index is 660. The predicted molar refractivity (Wildman–Crippen MR) is 79.8 cm³/mol. The standard InChI is InChI=1S/3C4H2F7.C2H5O.Sn/c3*5-1-3(8,9)4(10,11)2(6)7;1-2-3;/h3*1-2H;2H2,1H3;/q;;;-1;+1. The van der Waals surface area contributed by atoms with Crippen LogP contribution in [0.4, 0.5) is 92.2 Å². The Labute approximate surface area is 195 Å². The second-order valence-electron chi connectivity index (χ2n) is 7.01. The van der Waals surface area contributed by atoms with Gasteiger partial charge in [-0.05, 0) is 0 Å². The molecule has 0 fully saturated rings. The van der Waals surface area contributed by atoms with Crippen molar-refractivity contribution in [1.29, 1.82) is 0 Å². The van der Waals surface area contributed by atoms with Gasteiger partial charge in [0.1, 0.15) is 0 Å². The van der Waals surface area contributed by atoms with Gasteiger partial charge in [-0.25, -0.2) is 0 Å². The Morgan fingerprint density at radius 2 is 0.622 bits per heavy atom. The second-order valence-corrected chi connectivity index (χ2v) is 17.1. The summed E-state index contributed by atoms with van der Waals surface area (Å²) in [4.78, 5) is 0. The molecule has 0 saturated carbocycles. The minimum absolute atomic E-state index is 0.0357. The summed E-state index contributed by atoms with van der Waals surface area (Å²) in [6.07, 6.45) is -17.6. The molecule has 0 aromatic carbocycles. The van der Waals surface area contributed by atoms with Crippen molar-refractivity contribution in [3.63, 3.8) is 0 Å². The summed E-state index contributed by atoms with van der Waals surface area (Å²) in [6, 6.07) is 0. The summed E-state index contributed by atoms with van der Waals surface area (Å²) in [5, 5.41) is 0. The van der Waals surface area contributed by atoms with Crippen molar-refractivity contribution in [2.75, 3.05) is 6.61 Å². The first-order valence-electron chi connectivity index (χ1n) is 8.78. The molecule has 0 rings (SSSR count). The van der Waals surface area contributed by atoms with Gasteiger partial charge >= 0.3 is 195 Å². The molecule has 0 aromatic heterocycles. The van der Waals surface area contributed by atoms with Crippen molar-refractivity contribution in [3.05, 3.63) is 0 Å². The molecule has 0 aliphatic heterocycles. The molecule has 0 aliphatic carbocycles. The topological polar surface area (TPSA) is 9.23 Å². The van der Waals surface area contributed by atoms with Crippen LogP contribution in [0.5, 0.6) is 0 Å². The van der Waals surface area contributed by atoms with Gasteiger partial charge in [0.05, 0.1) is 0 Å². The summed E-state index contributed by atoms with van der Waals surface area (Å²) in [7, 11) is 0. The average Bonchev–Trinajstić information content (AvgIpc) is 2.74. The molecule has 0 spiro atoms. The zero-order valence-corrected chi connectivity index (χ0v) is 19.9. The van der Waals surface area contributed by atoms with E-state index >= 15 is 0 Å². The van der Waals surface area contributed by atoms with Crippen LogP contribution in [0, 0.1) is 0 Å². The van der Waals surface area contributed by atoms with Crippen LogP contribution in [-0.4, -0.2) is 92.8 Å². The van der Waals surface area contributed by atoms with Crippen molar-refractivity contribution < 1.29 is 95.3 Å². The van der Waals surface area contributed by atoms with E-state index in [4.69, 9.17) is 0 Å². The number of halogens is 21. The summed E-state index contributed by atoms with van der Waals surface area (Å²) >= 11 is -10.3. The van der Waals surface area contributed by atoms with Gasteiger partial charge in [-0.3, -0.25) is 0 Å². The fraction of sp³-hybridized carbons (Fsp3) is 1.00. The number of hydrogen-bond donors (Lipinski definition) is 0. The molecule has 3 unspecified atom stereocenters. The van der Waals surface area contributed by atoms with Gasteiger partial charge in [0, 0.05) is 0 Å². The number of alkyl halides is 21. The third kappa shape index (κ3) is 5.50. The Balaban J connectivity index is 7.78. The van der Waals surface area contributed by atoms with Crippen LogP contribution in [0.25, 0.3) is 0 Å². The van der Waals surface area contributed by atoms with Crippen molar-refractivity contribution in [1.82, 2.24) is 0 Å². The first-order chi connectivity index (χ1) is 16.1. The SMILES string of the molecule is CC[O][Sn]([CH](F)C(F)(F)C(F)(F)C(F)F)([CH](F)C(F)(F)C(F)(F)C(F)F)[CH](F)C(F)(F)C(F)(F)C(F)F. The number of rotatable bonds is 14. The van der Waals surface area contributed by atoms with Gasteiger partial charge in [0.15, 0.2) is 0 Å². The van der Waals surface area contributed by atoms with Crippen LogP contribution in [0.2, 0.25) is 0 Å². The second kappa shape index (κ2) is 11.0. The fourth-order valence-corrected chi connectivity index (χ4v) is 14.0. The molecule has 0 bridgehead atoms. The summed E-state index contributed by atoms with van der Waals surface area (Å²) in [6.45, 7) is -2.14. The Kier molecular flexibility index (Phi) is 10.8. The van der Waals surface area contributed by atoms with Gasteiger partial charge in [0.2, 0.25) is 0 Å². The molecule has 0 saturated heterocycles. The molecule has 23 heteroatoms. The summed E-state index contributed by atoms with van der Waals surface area (Å²) < 4.78 is 266. The third-order valence-electron chi connectivity index (χ3n) is 4.69. The van der Waals surface area contributed by atoms with E-state index in [-0.39, 0.29) is 6.92 Å². The number of hydrogen-bond acceptors (Lipinski definition) is 1. The molecule has 0 N–H and O–H groups in total. The first kappa shape index (κ1) is 36.3. The van der Waals surface area contributed by atoms with E-state index in [1.54, 1.807) is 0 Å². The van der Waals surface area contributed by atoms with Crippen molar-refractivity contribution in [2.24, 2.45) is 0 Å². The molecule has 1 nitrogen and oxygen atoms in total. The molecule has 37 heavy (non-hydrogen) atoms. The molecule has 3 atom stereocenters. The van der Waals surface area contributed by atoms with Gasteiger partial charge in [-0.15, -0.1) is 0 Å². The van der Waals surface area contributed by atoms with Crippen LogP contribution >= 0.6 is 0 Å². The zero-order valence-electron chi connectivity index (χ0n) is 17.0. The summed E-state index contributed by atoms with van der Waals surface area (Å²) in [5.74, 6) is -44.8. The van der Waals surface area contributed by atoms with Crippen LogP contribution in [0.15, 0.2) is 0 Å². The molecular weight excluding hydrogens is 702 g/mol. The van der Waals surface area contributed by atoms with Crippen LogP contribution in [0.3, 0.4) is 0 Å². The molecule has 0 heterocycles. The molecule has 0 amide bonds. The van der Waals surface area contributed by atoms with E-state index < -0.39 is 92.8 Å². The molecular formula is C14H11F21OSn.